The second kappa shape index (κ2) is 4.13. The van der Waals surface area contributed by atoms with Crippen LogP contribution in [-0.4, -0.2) is 34.1 Å². The minimum atomic E-state index is -0.257. The number of hydrogen-bond acceptors (Lipinski definition) is 3. The number of carbonyl (C=O) groups is 1. The van der Waals surface area contributed by atoms with E-state index in [-0.39, 0.29) is 18.1 Å². The Kier molecular flexibility index (Phi) is 2.82. The van der Waals surface area contributed by atoms with Crippen molar-refractivity contribution in [3.63, 3.8) is 0 Å². The molecule has 0 aliphatic heterocycles. The van der Waals surface area contributed by atoms with Crippen molar-refractivity contribution in [2.45, 2.75) is 12.8 Å². The molecule has 1 aromatic rings. The number of aromatic nitrogens is 2. The van der Waals surface area contributed by atoms with Crippen LogP contribution in [0.5, 0.6) is 0 Å². The van der Waals surface area contributed by atoms with Gasteiger partial charge in [-0.05, 0) is 12.8 Å². The molecule has 0 radical (unpaired) electrons. The SMILES string of the molecule is Cn1cc(NC(=O)NCC2(CO)CC2)cn1. The molecular weight excluding hydrogens is 208 g/mol. The van der Waals surface area contributed by atoms with E-state index < -0.39 is 0 Å². The fourth-order valence-corrected chi connectivity index (χ4v) is 1.50. The Morgan fingerprint density at radius 3 is 2.94 bits per heavy atom. The lowest BCUT2D eigenvalue weighted by Crippen LogP contribution is -2.34. The molecule has 88 valence electrons. The van der Waals surface area contributed by atoms with E-state index >= 15 is 0 Å². The van der Waals surface area contributed by atoms with E-state index in [1.165, 1.54) is 0 Å². The molecule has 16 heavy (non-hydrogen) atoms. The lowest BCUT2D eigenvalue weighted by molar-refractivity contribution is 0.206. The van der Waals surface area contributed by atoms with Gasteiger partial charge in [-0.2, -0.15) is 5.10 Å². The molecule has 1 aliphatic rings. The molecular formula is C10H16N4O2. The van der Waals surface area contributed by atoms with Crippen LogP contribution in [0.1, 0.15) is 12.8 Å². The third kappa shape index (κ3) is 2.52. The van der Waals surface area contributed by atoms with Gasteiger partial charge in [-0.15, -0.1) is 0 Å². The summed E-state index contributed by atoms with van der Waals surface area (Å²) < 4.78 is 1.62. The molecule has 0 saturated heterocycles. The van der Waals surface area contributed by atoms with E-state index in [1.807, 2.05) is 0 Å². The molecule has 0 bridgehead atoms. The summed E-state index contributed by atoms with van der Waals surface area (Å²) in [6.45, 7) is 0.662. The molecule has 0 unspecified atom stereocenters. The van der Waals surface area contributed by atoms with Gasteiger partial charge in [-0.3, -0.25) is 4.68 Å². The Morgan fingerprint density at radius 1 is 1.69 bits per heavy atom. The minimum Gasteiger partial charge on any atom is -0.396 e. The second-order valence-corrected chi connectivity index (χ2v) is 4.37. The largest absolute Gasteiger partial charge is 0.396 e. The van der Waals surface area contributed by atoms with Gasteiger partial charge in [-0.1, -0.05) is 0 Å². The number of anilines is 1. The summed E-state index contributed by atoms with van der Waals surface area (Å²) in [5, 5.41) is 18.4. The number of aryl methyl sites for hydroxylation is 1. The van der Waals surface area contributed by atoms with Gasteiger partial charge in [0.25, 0.3) is 0 Å². The normalized spacial score (nSPS) is 16.9. The van der Waals surface area contributed by atoms with Crippen LogP contribution in [0.15, 0.2) is 12.4 Å². The Labute approximate surface area is 93.6 Å². The van der Waals surface area contributed by atoms with Crippen molar-refractivity contribution in [2.24, 2.45) is 12.5 Å². The van der Waals surface area contributed by atoms with Crippen LogP contribution in [0.3, 0.4) is 0 Å². The van der Waals surface area contributed by atoms with Crippen LogP contribution < -0.4 is 10.6 Å². The van der Waals surface area contributed by atoms with E-state index in [9.17, 15) is 4.79 Å². The van der Waals surface area contributed by atoms with Gasteiger partial charge >= 0.3 is 6.03 Å². The summed E-state index contributed by atoms with van der Waals surface area (Å²) in [6.07, 6.45) is 5.27. The number of rotatable bonds is 4. The van der Waals surface area contributed by atoms with Crippen molar-refractivity contribution in [1.29, 1.82) is 0 Å². The molecule has 1 aromatic heterocycles. The number of nitrogens with zero attached hydrogens (tertiary/aromatic N) is 2. The van der Waals surface area contributed by atoms with Gasteiger partial charge in [0.05, 0.1) is 18.5 Å². The molecule has 6 heteroatoms. The lowest BCUT2D eigenvalue weighted by atomic mass is 10.1. The van der Waals surface area contributed by atoms with Crippen LogP contribution in [-0.2, 0) is 7.05 Å². The average molecular weight is 224 g/mol. The van der Waals surface area contributed by atoms with Crippen molar-refractivity contribution in [3.05, 3.63) is 12.4 Å². The van der Waals surface area contributed by atoms with Crippen LogP contribution in [0.2, 0.25) is 0 Å². The van der Waals surface area contributed by atoms with Gasteiger partial charge in [-0.25, -0.2) is 4.79 Å². The van der Waals surface area contributed by atoms with E-state index in [0.717, 1.165) is 12.8 Å². The van der Waals surface area contributed by atoms with Gasteiger partial charge in [0, 0.05) is 25.2 Å². The first-order valence-corrected chi connectivity index (χ1v) is 5.28. The Balaban J connectivity index is 1.76. The first-order chi connectivity index (χ1) is 7.63. The summed E-state index contributed by atoms with van der Waals surface area (Å²) in [5.74, 6) is 0. The number of aliphatic hydroxyl groups is 1. The molecule has 0 aromatic carbocycles. The van der Waals surface area contributed by atoms with E-state index in [2.05, 4.69) is 15.7 Å². The number of carbonyl (C=O) groups excluding carboxylic acids is 1. The van der Waals surface area contributed by atoms with E-state index in [0.29, 0.717) is 12.2 Å². The molecule has 1 fully saturated rings. The van der Waals surface area contributed by atoms with Crippen molar-refractivity contribution >= 4 is 11.7 Å². The Morgan fingerprint density at radius 2 is 2.44 bits per heavy atom. The number of hydrogen-bond donors (Lipinski definition) is 3. The number of nitrogens with one attached hydrogen (secondary N) is 2. The summed E-state index contributed by atoms with van der Waals surface area (Å²) in [5.41, 5.74) is 0.598. The predicted octanol–water partition coefficient (Wildman–Crippen LogP) is 0.314. The van der Waals surface area contributed by atoms with E-state index in [4.69, 9.17) is 5.11 Å². The standard InChI is InChI=1S/C10H16N4O2/c1-14-5-8(4-12-14)13-9(16)11-6-10(7-15)2-3-10/h4-5,15H,2-3,6-7H2,1H3,(H2,11,13,16). The lowest BCUT2D eigenvalue weighted by Gasteiger charge is -2.12. The van der Waals surface area contributed by atoms with Crippen molar-refractivity contribution in [1.82, 2.24) is 15.1 Å². The second-order valence-electron chi connectivity index (χ2n) is 4.37. The van der Waals surface area contributed by atoms with Crippen molar-refractivity contribution < 1.29 is 9.90 Å². The highest BCUT2D eigenvalue weighted by molar-refractivity contribution is 5.88. The third-order valence-corrected chi connectivity index (χ3v) is 2.88. The highest BCUT2D eigenvalue weighted by atomic mass is 16.3. The van der Waals surface area contributed by atoms with Crippen LogP contribution in [0.25, 0.3) is 0 Å². The molecule has 1 heterocycles. The fraction of sp³-hybridized carbons (Fsp3) is 0.600. The molecule has 1 aliphatic carbocycles. The number of amides is 2. The van der Waals surface area contributed by atoms with Gasteiger partial charge in [0.2, 0.25) is 0 Å². The van der Waals surface area contributed by atoms with Crippen LogP contribution in [0.4, 0.5) is 10.5 Å². The summed E-state index contributed by atoms with van der Waals surface area (Å²) in [7, 11) is 1.79. The van der Waals surface area contributed by atoms with Gasteiger partial charge in [0.1, 0.15) is 0 Å². The molecule has 2 rings (SSSR count). The number of aliphatic hydroxyl groups excluding tert-OH is 1. The summed E-state index contributed by atoms with van der Waals surface area (Å²) in [6, 6.07) is -0.257. The predicted molar refractivity (Wildman–Crippen MR) is 59.0 cm³/mol. The fourth-order valence-electron chi connectivity index (χ4n) is 1.50. The molecule has 6 nitrogen and oxygen atoms in total. The van der Waals surface area contributed by atoms with Gasteiger partial charge in [0.15, 0.2) is 0 Å². The average Bonchev–Trinajstić information content (AvgIpc) is 2.95. The molecule has 0 spiro atoms. The Hall–Kier alpha value is -1.56. The zero-order valence-corrected chi connectivity index (χ0v) is 9.23. The first kappa shape index (κ1) is 10.9. The van der Waals surface area contributed by atoms with Crippen molar-refractivity contribution in [3.8, 4) is 0 Å². The Bertz CT molecular complexity index is 384. The van der Waals surface area contributed by atoms with E-state index in [1.54, 1.807) is 24.1 Å². The highest BCUT2D eigenvalue weighted by Gasteiger charge is 2.42. The first-order valence-electron chi connectivity index (χ1n) is 5.28. The molecule has 1 saturated carbocycles. The molecule has 2 amide bonds. The van der Waals surface area contributed by atoms with Crippen LogP contribution in [0, 0.1) is 5.41 Å². The minimum absolute atomic E-state index is 0.0632. The maximum absolute atomic E-state index is 11.5. The molecule has 3 N–H and O–H groups in total. The quantitative estimate of drug-likeness (QED) is 0.689. The monoisotopic (exact) mass is 224 g/mol. The zero-order chi connectivity index (χ0) is 11.6. The summed E-state index contributed by atoms with van der Waals surface area (Å²) >= 11 is 0. The van der Waals surface area contributed by atoms with Gasteiger partial charge < -0.3 is 15.7 Å². The smallest absolute Gasteiger partial charge is 0.319 e. The maximum atomic E-state index is 11.5. The summed E-state index contributed by atoms with van der Waals surface area (Å²) in [4.78, 5) is 11.5. The molecule has 0 atom stereocenters. The topological polar surface area (TPSA) is 79.2 Å². The number of urea groups is 1. The highest BCUT2D eigenvalue weighted by Crippen LogP contribution is 2.44. The zero-order valence-electron chi connectivity index (χ0n) is 9.23. The van der Waals surface area contributed by atoms with Crippen LogP contribution >= 0.6 is 0 Å². The van der Waals surface area contributed by atoms with Crippen molar-refractivity contribution in [2.75, 3.05) is 18.5 Å². The third-order valence-electron chi connectivity index (χ3n) is 2.88. The maximum Gasteiger partial charge on any atom is 0.319 e.